The van der Waals surface area contributed by atoms with Crippen molar-refractivity contribution in [3.63, 3.8) is 0 Å². The van der Waals surface area contributed by atoms with Crippen LogP contribution in [0.1, 0.15) is 39.2 Å². The van der Waals surface area contributed by atoms with E-state index in [2.05, 4.69) is 15.5 Å². The Morgan fingerprint density at radius 1 is 1.09 bits per heavy atom. The Morgan fingerprint density at radius 3 is 2.43 bits per heavy atom. The zero-order valence-corrected chi connectivity index (χ0v) is 20.4. The minimum Gasteiger partial charge on any atom is -0.374 e. The average Bonchev–Trinajstić information content (AvgIpc) is 3.24. The van der Waals surface area contributed by atoms with Crippen LogP contribution >= 0.6 is 34.8 Å². The summed E-state index contributed by atoms with van der Waals surface area (Å²) in [5, 5.41) is 6.91. The van der Waals surface area contributed by atoms with Crippen molar-refractivity contribution in [3.8, 4) is 0 Å². The number of aromatic nitrogens is 1. The molecule has 5 nitrogen and oxygen atoms in total. The van der Waals surface area contributed by atoms with Gasteiger partial charge < -0.3 is 10.2 Å². The third kappa shape index (κ3) is 5.24. The molecule has 11 heteroatoms. The summed E-state index contributed by atoms with van der Waals surface area (Å²) < 4.78 is 42.6. The van der Waals surface area contributed by atoms with Crippen molar-refractivity contribution in [2.45, 2.75) is 31.7 Å². The van der Waals surface area contributed by atoms with Crippen molar-refractivity contribution in [2.75, 3.05) is 0 Å². The number of amides is 1. The van der Waals surface area contributed by atoms with Crippen LogP contribution in [0.4, 0.5) is 13.2 Å². The van der Waals surface area contributed by atoms with Crippen LogP contribution in [0.3, 0.4) is 0 Å². The molecule has 2 heterocycles. The summed E-state index contributed by atoms with van der Waals surface area (Å²) in [6.45, 7) is 1.84. The summed E-state index contributed by atoms with van der Waals surface area (Å²) in [6.07, 6.45) is -5.38. The zero-order valence-electron chi connectivity index (χ0n) is 18.1. The van der Waals surface area contributed by atoms with Crippen molar-refractivity contribution in [1.82, 2.24) is 10.3 Å². The van der Waals surface area contributed by atoms with Gasteiger partial charge in [-0.05, 0) is 60.5 Å². The quantitative estimate of drug-likeness (QED) is 0.358. The van der Waals surface area contributed by atoms with Crippen molar-refractivity contribution in [3.05, 3.63) is 97.7 Å². The first-order chi connectivity index (χ1) is 16.5. The topological polar surface area (TPSA) is 63.6 Å². The third-order valence-corrected chi connectivity index (χ3v) is 6.17. The second-order valence-electron chi connectivity index (χ2n) is 7.95. The van der Waals surface area contributed by atoms with E-state index in [0.717, 1.165) is 12.1 Å². The van der Waals surface area contributed by atoms with Gasteiger partial charge in [0.2, 0.25) is 0 Å². The fourth-order valence-electron chi connectivity index (χ4n) is 3.76. The maximum atomic E-state index is 14.2. The number of nitrogens with one attached hydrogen (secondary N) is 1. The van der Waals surface area contributed by atoms with Gasteiger partial charge in [0, 0.05) is 27.6 Å². The first-order valence-electron chi connectivity index (χ1n) is 10.3. The highest BCUT2D eigenvalue weighted by atomic mass is 35.5. The number of carbonyl (C=O) groups is 1. The number of benzene rings is 2. The molecular weight excluding hydrogens is 526 g/mol. The molecule has 1 atom stereocenters. The molecule has 1 aliphatic heterocycles. The van der Waals surface area contributed by atoms with E-state index in [0.29, 0.717) is 27.5 Å². The molecule has 3 aromatic rings. The van der Waals surface area contributed by atoms with Crippen molar-refractivity contribution in [1.29, 1.82) is 0 Å². The van der Waals surface area contributed by atoms with E-state index in [1.165, 1.54) is 18.2 Å². The lowest BCUT2D eigenvalue weighted by Gasteiger charge is -2.29. The molecule has 182 valence electrons. The molecule has 1 aromatic heterocycles. The van der Waals surface area contributed by atoms with E-state index < -0.39 is 18.2 Å². The Hall–Kier alpha value is -2.81. The van der Waals surface area contributed by atoms with Crippen molar-refractivity contribution >= 4 is 46.4 Å². The Balaban J connectivity index is 1.55. The highest BCUT2D eigenvalue weighted by Gasteiger charge is 2.62. The standard InChI is InChI=1S/C24H17Cl3F3N3O2/c1-13-7-14(5-6-19(13)22(34)31-12-18-3-2-4-21(27)32-18)20-11-23(35-33-20,24(28,29)30)15-8-16(25)10-17(26)9-15/h2-10H,11-12H2,1H3,(H,31,34). The summed E-state index contributed by atoms with van der Waals surface area (Å²) >= 11 is 17.7. The summed E-state index contributed by atoms with van der Waals surface area (Å²) in [7, 11) is 0. The Bertz CT molecular complexity index is 1310. The van der Waals surface area contributed by atoms with E-state index in [9.17, 15) is 18.0 Å². The van der Waals surface area contributed by atoms with Crippen LogP contribution < -0.4 is 5.32 Å². The van der Waals surface area contributed by atoms with Gasteiger partial charge in [-0.3, -0.25) is 4.79 Å². The lowest BCUT2D eigenvalue weighted by molar-refractivity contribution is -0.275. The molecule has 1 amide bonds. The first-order valence-corrected chi connectivity index (χ1v) is 11.4. The number of hydrogen-bond donors (Lipinski definition) is 1. The minimum atomic E-state index is -4.80. The van der Waals surface area contributed by atoms with Gasteiger partial charge in [0.15, 0.2) is 0 Å². The summed E-state index contributed by atoms with van der Waals surface area (Å²) in [6, 6.07) is 13.4. The van der Waals surface area contributed by atoms with Gasteiger partial charge >= 0.3 is 6.18 Å². The number of oxime groups is 1. The molecule has 0 bridgehead atoms. The van der Waals surface area contributed by atoms with E-state index >= 15 is 0 Å². The molecule has 0 saturated heterocycles. The summed E-state index contributed by atoms with van der Waals surface area (Å²) in [5.74, 6) is -0.362. The summed E-state index contributed by atoms with van der Waals surface area (Å²) in [4.78, 5) is 21.8. The smallest absolute Gasteiger partial charge is 0.374 e. The maximum Gasteiger partial charge on any atom is 0.435 e. The second-order valence-corrected chi connectivity index (χ2v) is 9.21. The molecule has 0 spiro atoms. The fraction of sp³-hybridized carbons (Fsp3) is 0.208. The first kappa shape index (κ1) is 25.3. The van der Waals surface area contributed by atoms with Gasteiger partial charge in [-0.2, -0.15) is 13.2 Å². The number of pyridine rings is 1. The van der Waals surface area contributed by atoms with Crippen LogP contribution in [0.25, 0.3) is 0 Å². The number of hydrogen-bond acceptors (Lipinski definition) is 4. The van der Waals surface area contributed by atoms with Gasteiger partial charge in [-0.1, -0.05) is 52.1 Å². The van der Waals surface area contributed by atoms with Crippen LogP contribution in [-0.4, -0.2) is 22.8 Å². The molecule has 1 unspecified atom stereocenters. The zero-order chi connectivity index (χ0) is 25.4. The molecule has 0 aliphatic carbocycles. The predicted octanol–water partition coefficient (Wildman–Crippen LogP) is 6.86. The SMILES string of the molecule is Cc1cc(C2=NOC(c3cc(Cl)cc(Cl)c3)(C(F)(F)F)C2)ccc1C(=O)NCc1cccc(Cl)n1. The number of alkyl halides is 3. The number of nitrogens with zero attached hydrogens (tertiary/aromatic N) is 2. The molecule has 1 aliphatic rings. The Labute approximate surface area is 213 Å². The maximum absolute atomic E-state index is 14.2. The van der Waals surface area contributed by atoms with Crippen LogP contribution in [0, 0.1) is 6.92 Å². The molecular formula is C24H17Cl3F3N3O2. The van der Waals surface area contributed by atoms with Gasteiger partial charge in [-0.15, -0.1) is 0 Å². The van der Waals surface area contributed by atoms with E-state index in [1.807, 2.05) is 0 Å². The monoisotopic (exact) mass is 541 g/mol. The molecule has 0 radical (unpaired) electrons. The molecule has 1 N–H and O–H groups in total. The lowest BCUT2D eigenvalue weighted by atomic mass is 9.86. The average molecular weight is 543 g/mol. The highest BCUT2D eigenvalue weighted by Crippen LogP contribution is 2.49. The largest absolute Gasteiger partial charge is 0.435 e. The fourth-order valence-corrected chi connectivity index (χ4v) is 4.47. The van der Waals surface area contributed by atoms with Gasteiger partial charge in [0.05, 0.1) is 18.0 Å². The molecule has 4 rings (SSSR count). The lowest BCUT2D eigenvalue weighted by Crippen LogP contribution is -2.42. The minimum absolute atomic E-state index is 0.0485. The van der Waals surface area contributed by atoms with E-state index in [1.54, 1.807) is 31.2 Å². The number of carbonyl (C=O) groups excluding carboxylic acids is 1. The van der Waals surface area contributed by atoms with E-state index in [4.69, 9.17) is 39.6 Å². The Kier molecular flexibility index (Phi) is 6.99. The normalized spacial score (nSPS) is 17.6. The van der Waals surface area contributed by atoms with Gasteiger partial charge in [0.25, 0.3) is 11.5 Å². The molecule has 0 fully saturated rings. The molecule has 0 saturated carbocycles. The van der Waals surface area contributed by atoms with Crippen LogP contribution in [0.5, 0.6) is 0 Å². The molecule has 35 heavy (non-hydrogen) atoms. The van der Waals surface area contributed by atoms with Gasteiger partial charge in [0.1, 0.15) is 5.15 Å². The van der Waals surface area contributed by atoms with Crippen LogP contribution in [0.2, 0.25) is 15.2 Å². The third-order valence-electron chi connectivity index (χ3n) is 5.52. The number of rotatable bonds is 5. The number of aryl methyl sites for hydroxylation is 1. The second kappa shape index (κ2) is 9.68. The van der Waals surface area contributed by atoms with Gasteiger partial charge in [-0.25, -0.2) is 4.98 Å². The summed E-state index contributed by atoms with van der Waals surface area (Å²) in [5.41, 5.74) is -1.00. The molecule has 2 aromatic carbocycles. The Morgan fingerprint density at radius 2 is 1.80 bits per heavy atom. The van der Waals surface area contributed by atoms with Crippen molar-refractivity contribution in [2.24, 2.45) is 5.16 Å². The predicted molar refractivity (Wildman–Crippen MR) is 128 cm³/mol. The van der Waals surface area contributed by atoms with Crippen molar-refractivity contribution < 1.29 is 22.8 Å². The van der Waals surface area contributed by atoms with Crippen LogP contribution in [0.15, 0.2) is 59.8 Å². The number of halogens is 6. The van der Waals surface area contributed by atoms with Crippen LogP contribution in [-0.2, 0) is 17.0 Å². The highest BCUT2D eigenvalue weighted by molar-refractivity contribution is 6.34. The van der Waals surface area contributed by atoms with E-state index in [-0.39, 0.29) is 33.8 Å².